The highest BCUT2D eigenvalue weighted by atomic mass is 32.2. The van der Waals surface area contributed by atoms with Crippen molar-refractivity contribution in [3.63, 3.8) is 0 Å². The summed E-state index contributed by atoms with van der Waals surface area (Å²) in [4.78, 5) is 31.7. The first kappa shape index (κ1) is 20.2. The number of carbonyl (C=O) groups excluding carboxylic acids is 1. The van der Waals surface area contributed by atoms with E-state index in [-0.39, 0.29) is 40.6 Å². The summed E-state index contributed by atoms with van der Waals surface area (Å²) in [6, 6.07) is 9.28. The monoisotopic (exact) mass is 433 g/mol. The number of benzene rings is 1. The number of aromatic nitrogens is 2. The maximum atomic E-state index is 13.0. The third-order valence-corrected chi connectivity index (χ3v) is 8.35. The highest BCUT2D eigenvalue weighted by Crippen LogP contribution is 2.33. The number of amides is 1. The SMILES string of the molecule is Cc1cc(=O)n2c(n1)SCC2CC(=O)N1CCCC1CS(=O)(=O)c1ccccc1. The number of fused-ring (bicyclic) bond motifs is 1. The smallest absolute Gasteiger partial charge is 0.254 e. The zero-order valence-electron chi connectivity index (χ0n) is 16.2. The van der Waals surface area contributed by atoms with E-state index >= 15 is 0 Å². The lowest BCUT2D eigenvalue weighted by molar-refractivity contribution is -0.132. The van der Waals surface area contributed by atoms with Crippen LogP contribution in [-0.2, 0) is 14.6 Å². The number of hydrogen-bond acceptors (Lipinski definition) is 6. The lowest BCUT2D eigenvalue weighted by Crippen LogP contribution is -2.41. The van der Waals surface area contributed by atoms with Crippen molar-refractivity contribution < 1.29 is 13.2 Å². The molecule has 0 aliphatic carbocycles. The second-order valence-electron chi connectivity index (χ2n) is 7.53. The molecule has 1 fully saturated rings. The normalized spacial score (nSPS) is 21.3. The van der Waals surface area contributed by atoms with Gasteiger partial charge < -0.3 is 4.90 Å². The number of carbonyl (C=O) groups is 1. The van der Waals surface area contributed by atoms with E-state index in [4.69, 9.17) is 0 Å². The van der Waals surface area contributed by atoms with Gasteiger partial charge in [-0.25, -0.2) is 13.4 Å². The summed E-state index contributed by atoms with van der Waals surface area (Å²) in [6.07, 6.45) is 1.65. The Morgan fingerprint density at radius 2 is 2.00 bits per heavy atom. The van der Waals surface area contributed by atoms with Crippen LogP contribution in [0.1, 0.15) is 31.0 Å². The maximum absolute atomic E-state index is 13.0. The molecule has 0 N–H and O–H groups in total. The largest absolute Gasteiger partial charge is 0.339 e. The van der Waals surface area contributed by atoms with Gasteiger partial charge in [0.1, 0.15) is 0 Å². The molecule has 0 radical (unpaired) electrons. The minimum atomic E-state index is -3.46. The Labute approximate surface area is 174 Å². The molecule has 0 bridgehead atoms. The molecule has 154 valence electrons. The first-order chi connectivity index (χ1) is 13.8. The van der Waals surface area contributed by atoms with Crippen LogP contribution >= 0.6 is 11.8 Å². The maximum Gasteiger partial charge on any atom is 0.254 e. The fourth-order valence-electron chi connectivity index (χ4n) is 4.05. The molecule has 1 saturated heterocycles. The minimum Gasteiger partial charge on any atom is -0.339 e. The van der Waals surface area contributed by atoms with E-state index in [0.29, 0.717) is 29.6 Å². The van der Waals surface area contributed by atoms with Crippen LogP contribution in [0.3, 0.4) is 0 Å². The van der Waals surface area contributed by atoms with Gasteiger partial charge in [0, 0.05) is 36.5 Å². The Morgan fingerprint density at radius 1 is 1.24 bits per heavy atom. The number of aryl methyl sites for hydroxylation is 1. The molecule has 4 rings (SSSR count). The third kappa shape index (κ3) is 4.11. The van der Waals surface area contributed by atoms with Gasteiger partial charge in [0.25, 0.3) is 5.56 Å². The Kier molecular flexibility index (Phi) is 5.52. The fourth-order valence-corrected chi connectivity index (χ4v) is 6.86. The lowest BCUT2D eigenvalue weighted by Gasteiger charge is -2.26. The van der Waals surface area contributed by atoms with Gasteiger partial charge in [-0.1, -0.05) is 30.0 Å². The van der Waals surface area contributed by atoms with Crippen molar-refractivity contribution in [3.05, 3.63) is 52.4 Å². The molecule has 7 nitrogen and oxygen atoms in total. The van der Waals surface area contributed by atoms with Crippen LogP contribution in [0.25, 0.3) is 0 Å². The van der Waals surface area contributed by atoms with Crippen LogP contribution < -0.4 is 5.56 Å². The van der Waals surface area contributed by atoms with Gasteiger partial charge >= 0.3 is 0 Å². The molecule has 2 atom stereocenters. The third-order valence-electron chi connectivity index (χ3n) is 5.44. The van der Waals surface area contributed by atoms with E-state index in [1.54, 1.807) is 46.7 Å². The first-order valence-electron chi connectivity index (χ1n) is 9.65. The van der Waals surface area contributed by atoms with Crippen LogP contribution in [0.2, 0.25) is 0 Å². The number of nitrogens with zero attached hydrogens (tertiary/aromatic N) is 3. The van der Waals surface area contributed by atoms with Gasteiger partial charge in [-0.15, -0.1) is 0 Å². The molecular weight excluding hydrogens is 410 g/mol. The predicted octanol–water partition coefficient (Wildman–Crippen LogP) is 2.05. The highest BCUT2D eigenvalue weighted by molar-refractivity contribution is 7.99. The second kappa shape index (κ2) is 7.95. The summed E-state index contributed by atoms with van der Waals surface area (Å²) in [5.41, 5.74) is 0.534. The van der Waals surface area contributed by atoms with E-state index < -0.39 is 9.84 Å². The van der Waals surface area contributed by atoms with Gasteiger partial charge in [0.05, 0.1) is 16.7 Å². The molecule has 1 aromatic carbocycles. The topological polar surface area (TPSA) is 89.3 Å². The molecule has 29 heavy (non-hydrogen) atoms. The van der Waals surface area contributed by atoms with Crippen molar-refractivity contribution in [3.8, 4) is 0 Å². The average Bonchev–Trinajstić information content (AvgIpc) is 3.29. The van der Waals surface area contributed by atoms with Crippen molar-refractivity contribution >= 4 is 27.5 Å². The van der Waals surface area contributed by atoms with Crippen LogP contribution in [-0.4, -0.2) is 52.9 Å². The molecule has 1 aromatic heterocycles. The summed E-state index contributed by atoms with van der Waals surface area (Å²) in [6.45, 7) is 2.34. The Hall–Kier alpha value is -2.13. The Bertz CT molecular complexity index is 1080. The Morgan fingerprint density at radius 3 is 2.76 bits per heavy atom. The fraction of sp³-hybridized carbons (Fsp3) is 0.450. The summed E-state index contributed by atoms with van der Waals surface area (Å²) in [7, 11) is -3.46. The van der Waals surface area contributed by atoms with Crippen molar-refractivity contribution in [2.45, 2.75) is 48.3 Å². The molecule has 2 unspecified atom stereocenters. The van der Waals surface area contributed by atoms with Gasteiger partial charge in [-0.3, -0.25) is 14.2 Å². The van der Waals surface area contributed by atoms with Crippen molar-refractivity contribution in [2.24, 2.45) is 0 Å². The van der Waals surface area contributed by atoms with E-state index in [1.165, 1.54) is 17.8 Å². The molecule has 2 aromatic rings. The van der Waals surface area contributed by atoms with Crippen molar-refractivity contribution in [1.29, 1.82) is 0 Å². The lowest BCUT2D eigenvalue weighted by atomic mass is 10.2. The molecule has 2 aliphatic rings. The van der Waals surface area contributed by atoms with E-state index in [1.807, 2.05) is 0 Å². The predicted molar refractivity (Wildman–Crippen MR) is 111 cm³/mol. The summed E-state index contributed by atoms with van der Waals surface area (Å²) < 4.78 is 27.1. The molecule has 3 heterocycles. The van der Waals surface area contributed by atoms with E-state index in [0.717, 1.165) is 6.42 Å². The van der Waals surface area contributed by atoms with E-state index in [2.05, 4.69) is 4.98 Å². The number of hydrogen-bond donors (Lipinski definition) is 0. The zero-order chi connectivity index (χ0) is 20.6. The second-order valence-corrected chi connectivity index (χ2v) is 10.6. The number of rotatable bonds is 5. The summed E-state index contributed by atoms with van der Waals surface area (Å²) in [5.74, 6) is 0.458. The summed E-state index contributed by atoms with van der Waals surface area (Å²) in [5, 5.41) is 0.650. The van der Waals surface area contributed by atoms with Crippen LogP contribution in [0.5, 0.6) is 0 Å². The molecular formula is C20H23N3O4S2. The Balaban J connectivity index is 1.48. The number of thioether (sulfide) groups is 1. The highest BCUT2D eigenvalue weighted by Gasteiger charge is 2.35. The zero-order valence-corrected chi connectivity index (χ0v) is 17.8. The molecule has 2 aliphatic heterocycles. The molecule has 0 spiro atoms. The van der Waals surface area contributed by atoms with Gasteiger partial charge in [-0.05, 0) is 31.9 Å². The first-order valence-corrected chi connectivity index (χ1v) is 12.3. The van der Waals surface area contributed by atoms with E-state index in [9.17, 15) is 18.0 Å². The van der Waals surface area contributed by atoms with Gasteiger partial charge in [0.15, 0.2) is 15.0 Å². The minimum absolute atomic E-state index is 0.0700. The number of likely N-dealkylation sites (tertiary alicyclic amines) is 1. The average molecular weight is 434 g/mol. The molecule has 9 heteroatoms. The molecule has 1 amide bonds. The van der Waals surface area contributed by atoms with Crippen LogP contribution in [0.4, 0.5) is 0 Å². The van der Waals surface area contributed by atoms with Crippen molar-refractivity contribution in [1.82, 2.24) is 14.5 Å². The quantitative estimate of drug-likeness (QED) is 0.671. The van der Waals surface area contributed by atoms with Crippen molar-refractivity contribution in [2.75, 3.05) is 18.1 Å². The standard InChI is InChI=1S/C20H23N3O4S2/c1-14-10-19(25)23-16(12-28-20(23)21-14)11-18(24)22-9-5-6-15(22)13-29(26,27)17-7-3-2-4-8-17/h2-4,7-8,10,15-16H,5-6,9,11-13H2,1H3. The number of sulfone groups is 1. The summed E-state index contributed by atoms with van der Waals surface area (Å²) >= 11 is 1.48. The van der Waals surface area contributed by atoms with Gasteiger partial charge in [-0.2, -0.15) is 0 Å². The molecule has 0 saturated carbocycles. The van der Waals surface area contributed by atoms with Gasteiger partial charge in [0.2, 0.25) is 5.91 Å². The van der Waals surface area contributed by atoms with Crippen LogP contribution in [0, 0.1) is 6.92 Å². The van der Waals surface area contributed by atoms with Crippen LogP contribution in [0.15, 0.2) is 51.2 Å².